The maximum atomic E-state index is 11.7. The Kier molecular flexibility index (Phi) is 7.93. The molecular formula is C32H38N6O6S2. The number of fused-ring (bicyclic) bond motifs is 6. The second-order valence-electron chi connectivity index (χ2n) is 12.7. The minimum atomic E-state index is -3.26. The molecule has 12 nitrogen and oxygen atoms in total. The average molecular weight is 667 g/mol. The van der Waals surface area contributed by atoms with Crippen LogP contribution in [0.2, 0.25) is 0 Å². The first-order valence-electron chi connectivity index (χ1n) is 15.4. The van der Waals surface area contributed by atoms with Gasteiger partial charge in [-0.3, -0.25) is 0 Å². The Morgan fingerprint density at radius 1 is 0.652 bits per heavy atom. The molecule has 0 radical (unpaired) electrons. The maximum absolute atomic E-state index is 11.7. The number of aliphatic hydroxyl groups is 2. The topological polar surface area (TPSA) is 151 Å². The summed E-state index contributed by atoms with van der Waals surface area (Å²) in [5.74, 6) is -0.0470. The minimum absolute atomic E-state index is 0.0143. The molecule has 46 heavy (non-hydrogen) atoms. The third-order valence-electron chi connectivity index (χ3n) is 9.98. The van der Waals surface area contributed by atoms with Gasteiger partial charge in [0.2, 0.25) is 20.0 Å². The van der Waals surface area contributed by atoms with Crippen LogP contribution in [0.4, 0.5) is 0 Å². The normalized spacial score (nSPS) is 27.7. The van der Waals surface area contributed by atoms with Gasteiger partial charge in [-0.15, -0.1) is 0 Å². The van der Waals surface area contributed by atoms with Gasteiger partial charge in [0.25, 0.3) is 0 Å². The van der Waals surface area contributed by atoms with Crippen molar-refractivity contribution in [2.45, 2.75) is 37.1 Å². The zero-order valence-electron chi connectivity index (χ0n) is 25.7. The van der Waals surface area contributed by atoms with E-state index in [1.807, 2.05) is 36.7 Å². The summed E-state index contributed by atoms with van der Waals surface area (Å²) in [4.78, 5) is 8.48. The Hall–Kier alpha value is -3.40. The van der Waals surface area contributed by atoms with Crippen LogP contribution in [-0.4, -0.2) is 106 Å². The van der Waals surface area contributed by atoms with Gasteiger partial charge in [0.15, 0.2) is 0 Å². The number of imidazole rings is 2. The Bertz CT molecular complexity index is 1830. The van der Waals surface area contributed by atoms with Crippen molar-refractivity contribution in [1.82, 2.24) is 27.7 Å². The number of β-amino-alcohol motifs (C(OH)–C–C–N with tert-alkyl or cyclic N) is 2. The summed E-state index contributed by atoms with van der Waals surface area (Å²) >= 11 is 0. The number of aromatic nitrogens is 4. The zero-order chi connectivity index (χ0) is 32.4. The molecular weight excluding hydrogens is 629 g/mol. The molecule has 2 aromatic carbocycles. The van der Waals surface area contributed by atoms with Gasteiger partial charge < -0.3 is 19.3 Å². The molecule has 0 spiro atoms. The Balaban J connectivity index is 0.000000147. The van der Waals surface area contributed by atoms with Gasteiger partial charge in [-0.1, -0.05) is 48.5 Å². The first-order valence-corrected chi connectivity index (χ1v) is 19.1. The minimum Gasteiger partial charge on any atom is -0.391 e. The highest BCUT2D eigenvalue weighted by molar-refractivity contribution is 7.88. The molecule has 2 saturated heterocycles. The molecule has 6 atom stereocenters. The zero-order valence-corrected chi connectivity index (χ0v) is 27.3. The SMILES string of the molecule is CS(=O)(=O)N1CC[C@@H]([C@H]2c3ccccc3-c3cncn32)[C@H](O)C1.CS(=O)(=O)N1CC[C@H]([C@@H]2c3ccccc3-c3cncn32)[C@@H](O)C1. The molecule has 2 fully saturated rings. The van der Waals surface area contributed by atoms with Crippen molar-refractivity contribution >= 4 is 20.0 Å². The lowest BCUT2D eigenvalue weighted by atomic mass is 9.84. The van der Waals surface area contributed by atoms with Crippen LogP contribution >= 0.6 is 0 Å². The van der Waals surface area contributed by atoms with Crippen molar-refractivity contribution in [3.63, 3.8) is 0 Å². The third-order valence-corrected chi connectivity index (χ3v) is 12.5. The number of aliphatic hydroxyl groups excluding tert-OH is 2. The van der Waals surface area contributed by atoms with Crippen molar-refractivity contribution in [2.75, 3.05) is 38.7 Å². The molecule has 4 aromatic rings. The van der Waals surface area contributed by atoms with Crippen LogP contribution in [0.15, 0.2) is 73.6 Å². The van der Waals surface area contributed by atoms with Crippen molar-refractivity contribution < 1.29 is 27.0 Å². The molecule has 0 bridgehead atoms. The van der Waals surface area contributed by atoms with E-state index in [1.54, 1.807) is 12.7 Å². The van der Waals surface area contributed by atoms with E-state index >= 15 is 0 Å². The molecule has 8 rings (SSSR count). The Morgan fingerprint density at radius 3 is 1.41 bits per heavy atom. The number of nitrogens with zero attached hydrogens (tertiary/aromatic N) is 6. The van der Waals surface area contributed by atoms with Crippen LogP contribution in [0, 0.1) is 11.8 Å². The predicted octanol–water partition coefficient (Wildman–Crippen LogP) is 2.19. The summed E-state index contributed by atoms with van der Waals surface area (Å²) in [7, 11) is -6.52. The summed E-state index contributed by atoms with van der Waals surface area (Å²) in [6.45, 7) is 1.21. The summed E-state index contributed by atoms with van der Waals surface area (Å²) in [6.07, 6.45) is 9.56. The molecule has 2 aromatic heterocycles. The summed E-state index contributed by atoms with van der Waals surface area (Å²) in [5, 5.41) is 21.2. The van der Waals surface area contributed by atoms with E-state index < -0.39 is 32.3 Å². The lowest BCUT2D eigenvalue weighted by Crippen LogP contribution is -2.48. The molecule has 244 valence electrons. The fourth-order valence-corrected chi connectivity index (χ4v) is 9.52. The van der Waals surface area contributed by atoms with E-state index in [9.17, 15) is 27.0 Å². The Morgan fingerprint density at radius 2 is 1.04 bits per heavy atom. The molecule has 14 heteroatoms. The van der Waals surface area contributed by atoms with E-state index in [4.69, 9.17) is 0 Å². The molecule has 0 unspecified atom stereocenters. The molecule has 2 N–H and O–H groups in total. The van der Waals surface area contributed by atoms with E-state index in [2.05, 4.69) is 43.4 Å². The smallest absolute Gasteiger partial charge is 0.211 e. The third kappa shape index (κ3) is 5.40. The number of hydrogen-bond donors (Lipinski definition) is 2. The second kappa shape index (κ2) is 11.7. The van der Waals surface area contributed by atoms with Gasteiger partial charge >= 0.3 is 0 Å². The number of sulfonamides is 2. The van der Waals surface area contributed by atoms with Gasteiger partial charge in [0.05, 0.1) is 73.2 Å². The second-order valence-corrected chi connectivity index (χ2v) is 16.7. The fourth-order valence-electron chi connectivity index (χ4n) is 7.80. The number of hydrogen-bond acceptors (Lipinski definition) is 8. The van der Waals surface area contributed by atoms with E-state index in [0.717, 1.165) is 22.5 Å². The van der Waals surface area contributed by atoms with Gasteiger partial charge in [0, 0.05) is 49.1 Å². The largest absolute Gasteiger partial charge is 0.391 e. The number of benzene rings is 2. The summed E-state index contributed by atoms with van der Waals surface area (Å²) < 4.78 is 53.8. The first-order chi connectivity index (χ1) is 21.9. The number of rotatable bonds is 4. The van der Waals surface area contributed by atoms with Crippen LogP contribution in [0.3, 0.4) is 0 Å². The van der Waals surface area contributed by atoms with Crippen molar-refractivity contribution in [3.05, 3.63) is 84.7 Å². The van der Waals surface area contributed by atoms with Gasteiger partial charge in [-0.2, -0.15) is 8.61 Å². The van der Waals surface area contributed by atoms with Gasteiger partial charge in [0.1, 0.15) is 0 Å². The standard InChI is InChI=1S/2C16H19N3O3S/c2*1-23(21,22)18-7-6-13(15(20)9-18)16-12-5-3-2-4-11(12)14-8-17-10-19(14)16/h2*2-5,8,10,13,15-16,20H,6-7,9H2,1H3/t2*13-,15-,16-/m10/s1. The Labute approximate surface area is 269 Å². The highest BCUT2D eigenvalue weighted by Crippen LogP contribution is 2.47. The molecule has 4 aliphatic heterocycles. The highest BCUT2D eigenvalue weighted by Gasteiger charge is 2.43. The van der Waals surface area contributed by atoms with Crippen LogP contribution in [-0.2, 0) is 20.0 Å². The molecule has 6 heterocycles. The lowest BCUT2D eigenvalue weighted by molar-refractivity contribution is 0.0344. The summed E-state index contributed by atoms with van der Waals surface area (Å²) in [6, 6.07) is 16.4. The van der Waals surface area contributed by atoms with Gasteiger partial charge in [-0.05, 0) is 24.0 Å². The lowest BCUT2D eigenvalue weighted by Gasteiger charge is -2.38. The summed E-state index contributed by atoms with van der Waals surface area (Å²) in [5.41, 5.74) is 6.77. The van der Waals surface area contributed by atoms with E-state index in [1.165, 1.54) is 32.2 Å². The van der Waals surface area contributed by atoms with Crippen LogP contribution in [0.25, 0.3) is 22.5 Å². The highest BCUT2D eigenvalue weighted by atomic mass is 32.2. The van der Waals surface area contributed by atoms with E-state index in [-0.39, 0.29) is 37.0 Å². The molecule has 4 aliphatic rings. The maximum Gasteiger partial charge on any atom is 0.211 e. The van der Waals surface area contributed by atoms with E-state index in [0.29, 0.717) is 25.9 Å². The quantitative estimate of drug-likeness (QED) is 0.337. The molecule has 0 aliphatic carbocycles. The van der Waals surface area contributed by atoms with Crippen molar-refractivity contribution in [1.29, 1.82) is 0 Å². The van der Waals surface area contributed by atoms with Crippen LogP contribution < -0.4 is 0 Å². The molecule has 0 saturated carbocycles. The van der Waals surface area contributed by atoms with Gasteiger partial charge in [-0.25, -0.2) is 26.8 Å². The van der Waals surface area contributed by atoms with Crippen molar-refractivity contribution in [3.8, 4) is 22.5 Å². The first kappa shape index (κ1) is 31.2. The average Bonchev–Trinajstić information content (AvgIpc) is 3.79. The monoisotopic (exact) mass is 666 g/mol. The van der Waals surface area contributed by atoms with Crippen LogP contribution in [0.5, 0.6) is 0 Å². The fraction of sp³-hybridized carbons (Fsp3) is 0.438. The number of piperidine rings is 2. The van der Waals surface area contributed by atoms with Crippen LogP contribution in [0.1, 0.15) is 36.1 Å². The molecule has 0 amide bonds. The van der Waals surface area contributed by atoms with Crippen molar-refractivity contribution in [2.24, 2.45) is 11.8 Å². The predicted molar refractivity (Wildman–Crippen MR) is 173 cm³/mol.